The summed E-state index contributed by atoms with van der Waals surface area (Å²) < 4.78 is 2.85. The number of benzene rings is 1. The molecule has 0 radical (unpaired) electrons. The molecule has 5 heteroatoms. The molecule has 1 N–H and O–H groups in total. The van der Waals surface area contributed by atoms with Crippen molar-refractivity contribution in [1.29, 1.82) is 0 Å². The Hall–Kier alpha value is -0.840. The van der Waals surface area contributed by atoms with Crippen molar-refractivity contribution in [3.05, 3.63) is 51.7 Å². The smallest absolute Gasteiger partial charge is 0.0560 e. The molecule has 0 fully saturated rings. The van der Waals surface area contributed by atoms with Crippen molar-refractivity contribution in [2.24, 2.45) is 0 Å². The highest BCUT2D eigenvalue weighted by Gasteiger charge is 2.04. The summed E-state index contributed by atoms with van der Waals surface area (Å²) in [6, 6.07) is 8.29. The van der Waals surface area contributed by atoms with Gasteiger partial charge in [-0.1, -0.05) is 17.7 Å². The number of nitrogens with one attached hydrogen (secondary N) is 1. The van der Waals surface area contributed by atoms with Crippen LogP contribution in [0.2, 0.25) is 5.02 Å². The number of halogens is 2. The first-order chi connectivity index (χ1) is 8.65. The first-order valence-electron chi connectivity index (χ1n) is 5.80. The van der Waals surface area contributed by atoms with E-state index in [-0.39, 0.29) is 0 Å². The molecular weight excluding hydrogens is 314 g/mol. The van der Waals surface area contributed by atoms with Crippen LogP contribution in [0.1, 0.15) is 12.5 Å². The molecule has 1 heterocycles. The predicted octanol–water partition coefficient (Wildman–Crippen LogP) is 3.48. The van der Waals surface area contributed by atoms with E-state index in [4.69, 9.17) is 11.6 Å². The lowest BCUT2D eigenvalue weighted by molar-refractivity contribution is 0.451. The lowest BCUT2D eigenvalue weighted by Gasteiger charge is -2.14. The van der Waals surface area contributed by atoms with Crippen molar-refractivity contribution in [3.63, 3.8) is 0 Å². The summed E-state index contributed by atoms with van der Waals surface area (Å²) in [5, 5.41) is 8.38. The Bertz CT molecular complexity index is 499. The van der Waals surface area contributed by atoms with Crippen molar-refractivity contribution >= 4 is 27.5 Å². The number of aromatic nitrogens is 2. The molecule has 0 aliphatic rings. The van der Waals surface area contributed by atoms with Gasteiger partial charge in [0.25, 0.3) is 0 Å². The zero-order chi connectivity index (χ0) is 13.0. The minimum Gasteiger partial charge on any atom is -0.308 e. The molecule has 0 bridgehead atoms. The second-order valence-corrected chi connectivity index (χ2v) is 5.52. The monoisotopic (exact) mass is 327 g/mol. The highest BCUT2D eigenvalue weighted by Crippen LogP contribution is 2.23. The van der Waals surface area contributed by atoms with Gasteiger partial charge >= 0.3 is 0 Å². The van der Waals surface area contributed by atoms with Gasteiger partial charge in [0.05, 0.1) is 11.6 Å². The lowest BCUT2D eigenvalue weighted by Crippen LogP contribution is -2.30. The number of hydrogen-bond donors (Lipinski definition) is 1. The van der Waals surface area contributed by atoms with E-state index < -0.39 is 0 Å². The van der Waals surface area contributed by atoms with E-state index in [0.29, 0.717) is 6.04 Å². The molecule has 0 aliphatic carbocycles. The number of hydrogen-bond acceptors (Lipinski definition) is 2. The van der Waals surface area contributed by atoms with Gasteiger partial charge in [0.1, 0.15) is 0 Å². The molecule has 2 aromatic rings. The van der Waals surface area contributed by atoms with Crippen LogP contribution >= 0.6 is 27.5 Å². The standard InChI is InChI=1S/C13H15BrClN3/c1-10(9-18-6-2-5-17-18)16-8-11-3-4-12(14)13(15)7-11/h2-7,10,16H,8-9H2,1H3. The molecule has 0 spiro atoms. The molecule has 0 aliphatic heterocycles. The Morgan fingerprint density at radius 3 is 3.00 bits per heavy atom. The number of rotatable bonds is 5. The second kappa shape index (κ2) is 6.36. The van der Waals surface area contributed by atoms with Gasteiger partial charge in [-0.15, -0.1) is 0 Å². The Morgan fingerprint density at radius 1 is 1.50 bits per heavy atom. The fourth-order valence-electron chi connectivity index (χ4n) is 1.70. The van der Waals surface area contributed by atoms with Crippen LogP contribution in [0, 0.1) is 0 Å². The SMILES string of the molecule is CC(Cn1cccn1)NCc1ccc(Br)c(Cl)c1. The maximum Gasteiger partial charge on any atom is 0.0560 e. The third-order valence-electron chi connectivity index (χ3n) is 2.66. The molecule has 1 atom stereocenters. The van der Waals surface area contributed by atoms with Crippen molar-refractivity contribution in [1.82, 2.24) is 15.1 Å². The fourth-order valence-corrected chi connectivity index (χ4v) is 2.15. The zero-order valence-corrected chi connectivity index (χ0v) is 12.4. The van der Waals surface area contributed by atoms with Gasteiger partial charge in [-0.3, -0.25) is 4.68 Å². The average molecular weight is 329 g/mol. The first-order valence-corrected chi connectivity index (χ1v) is 6.97. The minimum absolute atomic E-state index is 0.354. The third kappa shape index (κ3) is 3.83. The number of nitrogens with zero attached hydrogens (tertiary/aromatic N) is 2. The van der Waals surface area contributed by atoms with E-state index in [0.717, 1.165) is 22.6 Å². The predicted molar refractivity (Wildman–Crippen MR) is 77.7 cm³/mol. The highest BCUT2D eigenvalue weighted by molar-refractivity contribution is 9.10. The molecular formula is C13H15BrClN3. The molecule has 0 saturated heterocycles. The summed E-state index contributed by atoms with van der Waals surface area (Å²) in [7, 11) is 0. The fraction of sp³-hybridized carbons (Fsp3) is 0.308. The van der Waals surface area contributed by atoms with Crippen LogP contribution in [0.15, 0.2) is 41.1 Å². The molecule has 1 unspecified atom stereocenters. The highest BCUT2D eigenvalue weighted by atomic mass is 79.9. The summed E-state index contributed by atoms with van der Waals surface area (Å²) in [4.78, 5) is 0. The summed E-state index contributed by atoms with van der Waals surface area (Å²) >= 11 is 9.44. The maximum absolute atomic E-state index is 6.06. The van der Waals surface area contributed by atoms with Crippen LogP contribution in [0.25, 0.3) is 0 Å². The minimum atomic E-state index is 0.354. The second-order valence-electron chi connectivity index (χ2n) is 4.26. The zero-order valence-electron chi connectivity index (χ0n) is 10.1. The van der Waals surface area contributed by atoms with E-state index in [9.17, 15) is 0 Å². The Labute approximate surface area is 120 Å². The van der Waals surface area contributed by atoms with E-state index in [1.807, 2.05) is 29.1 Å². The summed E-state index contributed by atoms with van der Waals surface area (Å²) in [6.07, 6.45) is 3.76. The van der Waals surface area contributed by atoms with Crippen molar-refractivity contribution in [2.45, 2.75) is 26.1 Å². The molecule has 1 aromatic carbocycles. The van der Waals surface area contributed by atoms with E-state index in [1.165, 1.54) is 5.56 Å². The Morgan fingerprint density at radius 2 is 2.33 bits per heavy atom. The normalized spacial score (nSPS) is 12.6. The lowest BCUT2D eigenvalue weighted by atomic mass is 10.2. The molecule has 3 nitrogen and oxygen atoms in total. The summed E-state index contributed by atoms with van der Waals surface area (Å²) in [5.74, 6) is 0. The molecule has 0 saturated carbocycles. The van der Waals surface area contributed by atoms with E-state index in [1.54, 1.807) is 6.20 Å². The van der Waals surface area contributed by atoms with Crippen LogP contribution < -0.4 is 5.32 Å². The topological polar surface area (TPSA) is 29.9 Å². The van der Waals surface area contributed by atoms with Gasteiger partial charge < -0.3 is 5.32 Å². The van der Waals surface area contributed by atoms with Crippen LogP contribution in [0.5, 0.6) is 0 Å². The largest absolute Gasteiger partial charge is 0.308 e. The van der Waals surface area contributed by atoms with Gasteiger partial charge in [0, 0.05) is 29.5 Å². The quantitative estimate of drug-likeness (QED) is 0.910. The Balaban J connectivity index is 1.85. The molecule has 2 rings (SSSR count). The van der Waals surface area contributed by atoms with Crippen molar-refractivity contribution in [2.75, 3.05) is 0 Å². The molecule has 18 heavy (non-hydrogen) atoms. The Kier molecular flexibility index (Phi) is 4.80. The van der Waals surface area contributed by atoms with Gasteiger partial charge in [0.2, 0.25) is 0 Å². The van der Waals surface area contributed by atoms with Gasteiger partial charge in [0.15, 0.2) is 0 Å². The first kappa shape index (κ1) is 13.6. The van der Waals surface area contributed by atoms with Crippen LogP contribution in [0.3, 0.4) is 0 Å². The van der Waals surface area contributed by atoms with Crippen LogP contribution in [-0.4, -0.2) is 15.8 Å². The average Bonchev–Trinajstić information content (AvgIpc) is 2.83. The maximum atomic E-state index is 6.06. The van der Waals surface area contributed by atoms with Gasteiger partial charge in [-0.05, 0) is 46.6 Å². The summed E-state index contributed by atoms with van der Waals surface area (Å²) in [5.41, 5.74) is 1.18. The molecule has 0 amide bonds. The third-order valence-corrected chi connectivity index (χ3v) is 3.89. The van der Waals surface area contributed by atoms with Crippen molar-refractivity contribution < 1.29 is 0 Å². The molecule has 1 aromatic heterocycles. The van der Waals surface area contributed by atoms with Gasteiger partial charge in [-0.25, -0.2) is 0 Å². The van der Waals surface area contributed by atoms with E-state index >= 15 is 0 Å². The van der Waals surface area contributed by atoms with E-state index in [2.05, 4.69) is 39.3 Å². The molecule has 96 valence electrons. The van der Waals surface area contributed by atoms with Crippen LogP contribution in [-0.2, 0) is 13.1 Å². The summed E-state index contributed by atoms with van der Waals surface area (Å²) in [6.45, 7) is 3.80. The van der Waals surface area contributed by atoms with Crippen molar-refractivity contribution in [3.8, 4) is 0 Å². The van der Waals surface area contributed by atoms with Crippen LogP contribution in [0.4, 0.5) is 0 Å². The van der Waals surface area contributed by atoms with Gasteiger partial charge in [-0.2, -0.15) is 5.10 Å².